The number of hydrogen-bond donors (Lipinski definition) is 0. The van der Waals surface area contributed by atoms with Crippen molar-refractivity contribution in [2.75, 3.05) is 17.2 Å². The molecule has 2 aromatic heterocycles. The number of amides is 1. The van der Waals surface area contributed by atoms with E-state index in [1.165, 1.54) is 28.8 Å². The Balaban J connectivity index is 1.74. The van der Waals surface area contributed by atoms with Crippen molar-refractivity contribution < 1.29 is 9.18 Å². The van der Waals surface area contributed by atoms with Crippen LogP contribution in [0.3, 0.4) is 0 Å². The van der Waals surface area contributed by atoms with Crippen LogP contribution in [0.2, 0.25) is 0 Å². The summed E-state index contributed by atoms with van der Waals surface area (Å²) in [7, 11) is 0. The standard InChI is InChI=1S/C19H18FN5OS2/c1-2-24-18(16-5-3-12-27-16)22-23-19(24)28-13-17(26)25(11-4-10-21)15-8-6-14(20)7-9-15/h3,5-9,12H,2,4,11,13H2,1H3. The zero-order valence-electron chi connectivity index (χ0n) is 15.2. The molecule has 0 N–H and O–H groups in total. The van der Waals surface area contributed by atoms with Crippen molar-refractivity contribution in [1.82, 2.24) is 14.8 Å². The van der Waals surface area contributed by atoms with Crippen molar-refractivity contribution in [3.8, 4) is 16.8 Å². The lowest BCUT2D eigenvalue weighted by atomic mass is 10.2. The fourth-order valence-electron chi connectivity index (χ4n) is 2.65. The van der Waals surface area contributed by atoms with Crippen LogP contribution in [0.15, 0.2) is 46.9 Å². The number of carbonyl (C=O) groups is 1. The lowest BCUT2D eigenvalue weighted by Gasteiger charge is -2.21. The lowest BCUT2D eigenvalue weighted by Crippen LogP contribution is -2.33. The van der Waals surface area contributed by atoms with E-state index in [0.29, 0.717) is 17.4 Å². The second-order valence-corrected chi connectivity index (χ2v) is 7.64. The Morgan fingerprint density at radius 2 is 2.11 bits per heavy atom. The molecule has 0 aliphatic carbocycles. The third-order valence-electron chi connectivity index (χ3n) is 3.99. The fourth-order valence-corrected chi connectivity index (χ4v) is 4.25. The topological polar surface area (TPSA) is 74.8 Å². The summed E-state index contributed by atoms with van der Waals surface area (Å²) in [5, 5.41) is 20.0. The van der Waals surface area contributed by atoms with Crippen LogP contribution in [0, 0.1) is 17.1 Å². The van der Waals surface area contributed by atoms with Crippen molar-refractivity contribution in [2.45, 2.75) is 25.0 Å². The predicted molar refractivity (Wildman–Crippen MR) is 109 cm³/mol. The number of thioether (sulfide) groups is 1. The molecule has 144 valence electrons. The number of halogens is 1. The Morgan fingerprint density at radius 1 is 1.32 bits per heavy atom. The molecule has 0 bridgehead atoms. The van der Waals surface area contributed by atoms with Crippen LogP contribution in [0.1, 0.15) is 13.3 Å². The first-order chi connectivity index (χ1) is 13.6. The summed E-state index contributed by atoms with van der Waals surface area (Å²) in [5.41, 5.74) is 0.568. The zero-order chi connectivity index (χ0) is 19.9. The molecule has 0 aliphatic heterocycles. The summed E-state index contributed by atoms with van der Waals surface area (Å²) in [6.45, 7) is 2.94. The van der Waals surface area contributed by atoms with Gasteiger partial charge in [-0.15, -0.1) is 21.5 Å². The molecule has 0 fully saturated rings. The van der Waals surface area contributed by atoms with Crippen molar-refractivity contribution in [3.63, 3.8) is 0 Å². The predicted octanol–water partition coefficient (Wildman–Crippen LogP) is 4.20. The number of rotatable bonds is 8. The zero-order valence-corrected chi connectivity index (χ0v) is 16.8. The van der Waals surface area contributed by atoms with Gasteiger partial charge in [0.05, 0.1) is 23.1 Å². The van der Waals surface area contributed by atoms with Crippen molar-refractivity contribution in [3.05, 3.63) is 47.6 Å². The summed E-state index contributed by atoms with van der Waals surface area (Å²) in [5.74, 6) is 0.385. The van der Waals surface area contributed by atoms with Gasteiger partial charge >= 0.3 is 0 Å². The average molecular weight is 416 g/mol. The minimum atomic E-state index is -0.372. The summed E-state index contributed by atoms with van der Waals surface area (Å²) in [6, 6.07) is 11.7. The maximum Gasteiger partial charge on any atom is 0.237 e. The number of hydrogen-bond acceptors (Lipinski definition) is 6. The van der Waals surface area contributed by atoms with Crippen LogP contribution in [-0.4, -0.2) is 33.0 Å². The van der Waals surface area contributed by atoms with Gasteiger partial charge in [-0.1, -0.05) is 17.8 Å². The highest BCUT2D eigenvalue weighted by Crippen LogP contribution is 2.27. The van der Waals surface area contributed by atoms with E-state index in [1.807, 2.05) is 35.1 Å². The van der Waals surface area contributed by atoms with E-state index in [4.69, 9.17) is 5.26 Å². The van der Waals surface area contributed by atoms with Crippen molar-refractivity contribution >= 4 is 34.7 Å². The Kier molecular flexibility index (Phi) is 6.79. The molecular weight excluding hydrogens is 397 g/mol. The third-order valence-corrected chi connectivity index (χ3v) is 5.80. The quantitative estimate of drug-likeness (QED) is 0.515. The number of carbonyl (C=O) groups excluding carboxylic acids is 1. The Hall–Kier alpha value is -2.70. The Morgan fingerprint density at radius 3 is 2.75 bits per heavy atom. The number of nitrogens with zero attached hydrogens (tertiary/aromatic N) is 5. The second kappa shape index (κ2) is 9.48. The summed E-state index contributed by atoms with van der Waals surface area (Å²) in [6.07, 6.45) is 0.196. The van der Waals surface area contributed by atoms with Crippen molar-refractivity contribution in [1.29, 1.82) is 5.26 Å². The first-order valence-corrected chi connectivity index (χ1v) is 10.5. The van der Waals surface area contributed by atoms with E-state index in [-0.39, 0.29) is 30.4 Å². The first-order valence-electron chi connectivity index (χ1n) is 8.66. The smallest absolute Gasteiger partial charge is 0.237 e. The van der Waals surface area contributed by atoms with Gasteiger partial charge in [0.2, 0.25) is 5.91 Å². The highest BCUT2D eigenvalue weighted by Gasteiger charge is 2.19. The molecule has 0 radical (unpaired) electrons. The molecule has 0 spiro atoms. The molecule has 0 atom stereocenters. The average Bonchev–Trinajstić information content (AvgIpc) is 3.37. The fraction of sp³-hybridized carbons (Fsp3) is 0.263. The number of anilines is 1. The van der Waals surface area contributed by atoms with Gasteiger partial charge in [-0.2, -0.15) is 5.26 Å². The molecule has 1 amide bonds. The van der Waals surface area contributed by atoms with Gasteiger partial charge in [0.15, 0.2) is 11.0 Å². The van der Waals surface area contributed by atoms with Gasteiger partial charge in [-0.25, -0.2) is 4.39 Å². The van der Waals surface area contributed by atoms with Gasteiger partial charge < -0.3 is 9.47 Å². The Bertz CT molecular complexity index is 963. The highest BCUT2D eigenvalue weighted by molar-refractivity contribution is 7.99. The SMILES string of the molecule is CCn1c(SCC(=O)N(CCC#N)c2ccc(F)cc2)nnc1-c1cccs1. The highest BCUT2D eigenvalue weighted by atomic mass is 32.2. The molecule has 0 saturated heterocycles. The monoisotopic (exact) mass is 415 g/mol. The second-order valence-electron chi connectivity index (χ2n) is 5.75. The summed E-state index contributed by atoms with van der Waals surface area (Å²) < 4.78 is 15.2. The molecule has 0 saturated carbocycles. The molecule has 0 aliphatic rings. The van der Waals surface area contributed by atoms with E-state index < -0.39 is 0 Å². The largest absolute Gasteiger partial charge is 0.311 e. The van der Waals surface area contributed by atoms with Gasteiger partial charge in [0.25, 0.3) is 0 Å². The van der Waals surface area contributed by atoms with Crippen LogP contribution >= 0.6 is 23.1 Å². The van der Waals surface area contributed by atoms with Crippen LogP contribution in [0.4, 0.5) is 10.1 Å². The molecule has 2 heterocycles. The molecular formula is C19H18FN5OS2. The first kappa shape index (κ1) is 20.0. The van der Waals surface area contributed by atoms with Crippen LogP contribution in [0.25, 0.3) is 10.7 Å². The number of benzene rings is 1. The van der Waals surface area contributed by atoms with E-state index >= 15 is 0 Å². The van der Waals surface area contributed by atoms with E-state index in [1.54, 1.807) is 23.5 Å². The lowest BCUT2D eigenvalue weighted by molar-refractivity contribution is -0.116. The molecule has 0 unspecified atom stereocenters. The van der Waals surface area contributed by atoms with Gasteiger partial charge in [0, 0.05) is 18.8 Å². The number of aromatic nitrogens is 3. The Labute approximate surface area is 170 Å². The van der Waals surface area contributed by atoms with E-state index in [2.05, 4.69) is 10.2 Å². The van der Waals surface area contributed by atoms with Crippen LogP contribution in [0.5, 0.6) is 0 Å². The summed E-state index contributed by atoms with van der Waals surface area (Å²) in [4.78, 5) is 15.3. The van der Waals surface area contributed by atoms with E-state index in [0.717, 1.165) is 10.7 Å². The molecule has 28 heavy (non-hydrogen) atoms. The minimum Gasteiger partial charge on any atom is -0.311 e. The molecule has 6 nitrogen and oxygen atoms in total. The van der Waals surface area contributed by atoms with Gasteiger partial charge in [-0.3, -0.25) is 4.79 Å². The third kappa shape index (κ3) is 4.58. The molecule has 3 rings (SSSR count). The normalized spacial score (nSPS) is 10.6. The van der Waals surface area contributed by atoms with E-state index in [9.17, 15) is 9.18 Å². The van der Waals surface area contributed by atoms with Crippen molar-refractivity contribution in [2.24, 2.45) is 0 Å². The molecule has 1 aromatic carbocycles. The minimum absolute atomic E-state index is 0.144. The number of nitriles is 1. The summed E-state index contributed by atoms with van der Waals surface area (Å²) >= 11 is 2.89. The molecule has 9 heteroatoms. The molecule has 3 aromatic rings. The van der Waals surface area contributed by atoms with Gasteiger partial charge in [-0.05, 0) is 42.6 Å². The van der Waals surface area contributed by atoms with Crippen LogP contribution in [-0.2, 0) is 11.3 Å². The maximum atomic E-state index is 13.2. The van der Waals surface area contributed by atoms with Crippen LogP contribution < -0.4 is 4.90 Å². The number of thiophene rings is 1. The van der Waals surface area contributed by atoms with Gasteiger partial charge in [0.1, 0.15) is 5.82 Å². The maximum absolute atomic E-state index is 13.2.